The van der Waals surface area contributed by atoms with Crippen LogP contribution >= 0.6 is 0 Å². The van der Waals surface area contributed by atoms with E-state index in [4.69, 9.17) is 4.74 Å². The Morgan fingerprint density at radius 3 is 2.48 bits per heavy atom. The Hall–Kier alpha value is -1.02. The molecule has 0 aromatic heterocycles. The van der Waals surface area contributed by atoms with Crippen LogP contribution in [0.5, 0.6) is 0 Å². The van der Waals surface area contributed by atoms with Crippen molar-refractivity contribution in [3.8, 4) is 0 Å². The summed E-state index contributed by atoms with van der Waals surface area (Å²) in [5, 5.41) is 0. The topological polar surface area (TPSA) is 49.9 Å². The van der Waals surface area contributed by atoms with Crippen LogP contribution in [0.4, 0.5) is 4.39 Å². The van der Waals surface area contributed by atoms with Crippen molar-refractivity contribution in [1.82, 2.24) is 8.61 Å². The number of hydrogen-bond acceptors (Lipinski definition) is 3. The van der Waals surface area contributed by atoms with E-state index < -0.39 is 10.2 Å². The standard InChI is InChI=1S/C16H23FN2O3S/c17-15-6-4-14(5-7-15)13-16-3-1-2-8-19(16)23(20,21)18-9-11-22-12-10-18/h4-7,16H,1-3,8-13H2. The van der Waals surface area contributed by atoms with Crippen LogP contribution in [-0.4, -0.2) is 55.9 Å². The van der Waals surface area contributed by atoms with Crippen molar-refractivity contribution in [3.63, 3.8) is 0 Å². The summed E-state index contributed by atoms with van der Waals surface area (Å²) in [6, 6.07) is 6.28. The lowest BCUT2D eigenvalue weighted by Gasteiger charge is -2.39. The number of halogens is 1. The summed E-state index contributed by atoms with van der Waals surface area (Å²) in [6.07, 6.45) is 3.40. The first kappa shape index (κ1) is 16.8. The number of piperidine rings is 1. The molecule has 0 amide bonds. The average Bonchev–Trinajstić information content (AvgIpc) is 2.58. The Labute approximate surface area is 137 Å². The highest BCUT2D eigenvalue weighted by Crippen LogP contribution is 2.26. The maximum absolute atomic E-state index is 13.0. The quantitative estimate of drug-likeness (QED) is 0.838. The van der Waals surface area contributed by atoms with Gasteiger partial charge < -0.3 is 4.74 Å². The van der Waals surface area contributed by atoms with Gasteiger partial charge in [0.25, 0.3) is 10.2 Å². The van der Waals surface area contributed by atoms with Crippen molar-refractivity contribution in [1.29, 1.82) is 0 Å². The van der Waals surface area contributed by atoms with Crippen LogP contribution in [0.25, 0.3) is 0 Å². The smallest absolute Gasteiger partial charge is 0.282 e. The lowest BCUT2D eigenvalue weighted by Crippen LogP contribution is -2.53. The molecule has 1 aromatic rings. The molecule has 1 aromatic carbocycles. The summed E-state index contributed by atoms with van der Waals surface area (Å²) < 4.78 is 47.3. The molecule has 128 valence electrons. The lowest BCUT2D eigenvalue weighted by atomic mass is 9.98. The molecular weight excluding hydrogens is 319 g/mol. The second kappa shape index (κ2) is 7.25. The molecule has 0 radical (unpaired) electrons. The monoisotopic (exact) mass is 342 g/mol. The molecule has 2 fully saturated rings. The number of rotatable bonds is 4. The second-order valence-electron chi connectivity index (χ2n) is 6.11. The predicted molar refractivity (Wildman–Crippen MR) is 85.8 cm³/mol. The van der Waals surface area contributed by atoms with Crippen LogP contribution in [0.1, 0.15) is 24.8 Å². The SMILES string of the molecule is O=S(=O)(N1CCOCC1)N1CCCCC1Cc1ccc(F)cc1. The summed E-state index contributed by atoms with van der Waals surface area (Å²) in [4.78, 5) is 0. The van der Waals surface area contributed by atoms with E-state index in [2.05, 4.69) is 0 Å². The average molecular weight is 342 g/mol. The minimum absolute atomic E-state index is 0.0537. The van der Waals surface area contributed by atoms with Gasteiger partial charge in [0.05, 0.1) is 13.2 Å². The molecular formula is C16H23FN2O3S. The highest BCUT2D eigenvalue weighted by atomic mass is 32.2. The summed E-state index contributed by atoms with van der Waals surface area (Å²) in [6.45, 7) is 2.31. The van der Waals surface area contributed by atoms with Crippen molar-refractivity contribution >= 4 is 10.2 Å². The third-order valence-corrected chi connectivity index (χ3v) is 6.64. The van der Waals surface area contributed by atoms with Gasteiger partial charge in [-0.1, -0.05) is 18.6 Å². The molecule has 2 aliphatic rings. The van der Waals surface area contributed by atoms with E-state index in [0.29, 0.717) is 39.3 Å². The summed E-state index contributed by atoms with van der Waals surface area (Å²) in [5.41, 5.74) is 0.973. The molecule has 7 heteroatoms. The molecule has 0 saturated carbocycles. The van der Waals surface area contributed by atoms with E-state index in [0.717, 1.165) is 24.8 Å². The number of hydrogen-bond donors (Lipinski definition) is 0. The molecule has 0 aliphatic carbocycles. The molecule has 1 unspecified atom stereocenters. The van der Waals surface area contributed by atoms with Crippen LogP contribution in [0.3, 0.4) is 0 Å². The Morgan fingerprint density at radius 1 is 1.09 bits per heavy atom. The first-order valence-corrected chi connectivity index (χ1v) is 9.56. The highest BCUT2D eigenvalue weighted by molar-refractivity contribution is 7.86. The van der Waals surface area contributed by atoms with Crippen LogP contribution < -0.4 is 0 Å². The Morgan fingerprint density at radius 2 is 1.78 bits per heavy atom. The normalized spacial score (nSPS) is 24.7. The maximum Gasteiger partial charge on any atom is 0.282 e. The van der Waals surface area contributed by atoms with E-state index in [9.17, 15) is 12.8 Å². The van der Waals surface area contributed by atoms with Gasteiger partial charge in [-0.15, -0.1) is 0 Å². The fourth-order valence-electron chi connectivity index (χ4n) is 3.30. The van der Waals surface area contributed by atoms with Gasteiger partial charge in [-0.2, -0.15) is 17.0 Å². The van der Waals surface area contributed by atoms with Gasteiger partial charge in [-0.05, 0) is 37.0 Å². The van der Waals surface area contributed by atoms with Crippen molar-refractivity contribution in [2.75, 3.05) is 32.8 Å². The molecule has 0 N–H and O–H groups in total. The van der Waals surface area contributed by atoms with Crippen LogP contribution in [0.15, 0.2) is 24.3 Å². The van der Waals surface area contributed by atoms with Gasteiger partial charge in [-0.3, -0.25) is 0 Å². The molecule has 2 aliphatic heterocycles. The van der Waals surface area contributed by atoms with E-state index in [1.54, 1.807) is 16.4 Å². The van der Waals surface area contributed by atoms with Crippen molar-refractivity contribution in [3.05, 3.63) is 35.6 Å². The summed E-state index contributed by atoms with van der Waals surface area (Å²) >= 11 is 0. The number of morpholine rings is 1. The zero-order chi connectivity index (χ0) is 16.3. The van der Waals surface area contributed by atoms with Crippen molar-refractivity contribution in [2.24, 2.45) is 0 Å². The van der Waals surface area contributed by atoms with Gasteiger partial charge in [0, 0.05) is 25.7 Å². The largest absolute Gasteiger partial charge is 0.379 e. The van der Waals surface area contributed by atoms with Crippen LogP contribution in [-0.2, 0) is 21.4 Å². The Balaban J connectivity index is 1.76. The third kappa shape index (κ3) is 3.91. The minimum Gasteiger partial charge on any atom is -0.379 e. The molecule has 3 rings (SSSR count). The van der Waals surface area contributed by atoms with E-state index >= 15 is 0 Å². The zero-order valence-corrected chi connectivity index (χ0v) is 14.0. The minimum atomic E-state index is -3.45. The zero-order valence-electron chi connectivity index (χ0n) is 13.2. The van der Waals surface area contributed by atoms with E-state index in [1.165, 1.54) is 16.4 Å². The number of benzene rings is 1. The first-order chi connectivity index (χ1) is 11.1. The van der Waals surface area contributed by atoms with Crippen molar-refractivity contribution < 1.29 is 17.5 Å². The van der Waals surface area contributed by atoms with Gasteiger partial charge in [0.2, 0.25) is 0 Å². The van der Waals surface area contributed by atoms with E-state index in [-0.39, 0.29) is 11.9 Å². The lowest BCUT2D eigenvalue weighted by molar-refractivity contribution is 0.0682. The molecule has 2 heterocycles. The summed E-state index contributed by atoms with van der Waals surface area (Å²) in [7, 11) is -3.45. The Bertz CT molecular complexity index is 615. The number of ether oxygens (including phenoxy) is 1. The molecule has 2 saturated heterocycles. The molecule has 0 spiro atoms. The van der Waals surface area contributed by atoms with E-state index in [1.807, 2.05) is 0 Å². The molecule has 0 bridgehead atoms. The highest BCUT2D eigenvalue weighted by Gasteiger charge is 2.37. The third-order valence-electron chi connectivity index (χ3n) is 4.55. The number of nitrogens with zero attached hydrogens (tertiary/aromatic N) is 2. The van der Waals surface area contributed by atoms with Gasteiger partial charge in [0.15, 0.2) is 0 Å². The fraction of sp³-hybridized carbons (Fsp3) is 0.625. The fourth-order valence-corrected chi connectivity index (χ4v) is 5.12. The molecule has 5 nitrogen and oxygen atoms in total. The van der Waals surface area contributed by atoms with Crippen molar-refractivity contribution in [2.45, 2.75) is 31.7 Å². The first-order valence-electron chi connectivity index (χ1n) is 8.16. The second-order valence-corrected chi connectivity index (χ2v) is 7.99. The van der Waals surface area contributed by atoms with Gasteiger partial charge >= 0.3 is 0 Å². The predicted octanol–water partition coefficient (Wildman–Crippen LogP) is 1.80. The summed E-state index contributed by atoms with van der Waals surface area (Å²) in [5.74, 6) is -0.268. The van der Waals surface area contributed by atoms with Crippen LogP contribution in [0.2, 0.25) is 0 Å². The Kier molecular flexibility index (Phi) is 5.31. The molecule has 23 heavy (non-hydrogen) atoms. The maximum atomic E-state index is 13.0. The molecule has 1 atom stereocenters. The van der Waals surface area contributed by atoms with Crippen LogP contribution in [0, 0.1) is 5.82 Å². The van der Waals surface area contributed by atoms with Gasteiger partial charge in [-0.25, -0.2) is 4.39 Å². The van der Waals surface area contributed by atoms with Gasteiger partial charge in [0.1, 0.15) is 5.82 Å².